The molecule has 8 heteroatoms. The van der Waals surface area contributed by atoms with Crippen molar-refractivity contribution in [3.63, 3.8) is 0 Å². The number of benzene rings is 1. The van der Waals surface area contributed by atoms with Gasteiger partial charge in [-0.25, -0.2) is 13.1 Å². The van der Waals surface area contributed by atoms with Gasteiger partial charge in [-0.05, 0) is 64.5 Å². The smallest absolute Gasteiger partial charge is 0.253 e. The van der Waals surface area contributed by atoms with Crippen molar-refractivity contribution in [2.24, 2.45) is 0 Å². The van der Waals surface area contributed by atoms with Gasteiger partial charge in [0, 0.05) is 51.4 Å². The van der Waals surface area contributed by atoms with Gasteiger partial charge >= 0.3 is 0 Å². The fourth-order valence-electron chi connectivity index (χ4n) is 3.29. The van der Waals surface area contributed by atoms with Gasteiger partial charge in [0.15, 0.2) is 0 Å². The maximum Gasteiger partial charge on any atom is 0.253 e. The molecular formula is C20H34N4O3S. The molecule has 2 rings (SSSR count). The van der Waals surface area contributed by atoms with Gasteiger partial charge in [0.2, 0.25) is 10.0 Å². The van der Waals surface area contributed by atoms with Gasteiger partial charge in [-0.1, -0.05) is 0 Å². The molecule has 0 unspecified atom stereocenters. The van der Waals surface area contributed by atoms with E-state index in [4.69, 9.17) is 0 Å². The van der Waals surface area contributed by atoms with Crippen molar-refractivity contribution in [1.29, 1.82) is 0 Å². The van der Waals surface area contributed by atoms with Crippen LogP contribution in [0.4, 0.5) is 0 Å². The zero-order valence-corrected chi connectivity index (χ0v) is 18.2. The molecule has 1 saturated heterocycles. The van der Waals surface area contributed by atoms with Gasteiger partial charge in [0.1, 0.15) is 0 Å². The number of carbonyl (C=O) groups excluding carboxylic acids is 1. The summed E-state index contributed by atoms with van der Waals surface area (Å²) < 4.78 is 27.5. The molecule has 0 radical (unpaired) electrons. The largest absolute Gasteiger partial charge is 0.339 e. The molecule has 1 aromatic rings. The Balaban J connectivity index is 1.78. The summed E-state index contributed by atoms with van der Waals surface area (Å²) in [5, 5.41) is 0. The summed E-state index contributed by atoms with van der Waals surface area (Å²) in [5.41, 5.74) is 0.509. The minimum atomic E-state index is -3.54. The fraction of sp³-hybridized carbons (Fsp3) is 0.650. The first kappa shape index (κ1) is 22.8. The Morgan fingerprint density at radius 1 is 1.04 bits per heavy atom. The van der Waals surface area contributed by atoms with E-state index in [0.29, 0.717) is 25.2 Å². The molecule has 7 nitrogen and oxygen atoms in total. The van der Waals surface area contributed by atoms with Crippen molar-refractivity contribution in [1.82, 2.24) is 19.4 Å². The van der Waals surface area contributed by atoms with Gasteiger partial charge < -0.3 is 14.7 Å². The summed E-state index contributed by atoms with van der Waals surface area (Å²) in [4.78, 5) is 19.0. The summed E-state index contributed by atoms with van der Waals surface area (Å²) in [6.45, 7) is 10.9. The summed E-state index contributed by atoms with van der Waals surface area (Å²) >= 11 is 0. The van der Waals surface area contributed by atoms with Crippen LogP contribution in [0.1, 0.15) is 37.0 Å². The van der Waals surface area contributed by atoms with Crippen molar-refractivity contribution < 1.29 is 13.2 Å². The molecule has 1 aliphatic heterocycles. The van der Waals surface area contributed by atoms with Crippen LogP contribution in [0.3, 0.4) is 0 Å². The van der Waals surface area contributed by atoms with Crippen molar-refractivity contribution in [3.8, 4) is 0 Å². The average molecular weight is 411 g/mol. The predicted molar refractivity (Wildman–Crippen MR) is 112 cm³/mol. The number of carbonyl (C=O) groups is 1. The van der Waals surface area contributed by atoms with Crippen LogP contribution in [0, 0.1) is 0 Å². The molecule has 158 valence electrons. The van der Waals surface area contributed by atoms with Crippen molar-refractivity contribution >= 4 is 15.9 Å². The molecule has 0 aromatic heterocycles. The van der Waals surface area contributed by atoms with Gasteiger partial charge in [-0.15, -0.1) is 0 Å². The van der Waals surface area contributed by atoms with E-state index in [2.05, 4.69) is 21.6 Å². The fourth-order valence-corrected chi connectivity index (χ4v) is 4.37. The summed E-state index contributed by atoms with van der Waals surface area (Å²) in [6, 6.07) is 6.18. The number of amides is 1. The van der Waals surface area contributed by atoms with Crippen LogP contribution in [-0.4, -0.2) is 88.4 Å². The molecule has 0 spiro atoms. The molecule has 0 saturated carbocycles. The Morgan fingerprint density at radius 3 is 2.21 bits per heavy atom. The highest BCUT2D eigenvalue weighted by Gasteiger charge is 2.17. The number of unbranched alkanes of at least 4 members (excludes halogenated alkanes) is 1. The molecule has 28 heavy (non-hydrogen) atoms. The number of hydrogen-bond donors (Lipinski definition) is 1. The van der Waals surface area contributed by atoms with Gasteiger partial charge in [0.05, 0.1) is 4.90 Å². The Hall–Kier alpha value is -1.48. The summed E-state index contributed by atoms with van der Waals surface area (Å²) in [6.07, 6.45) is 1.79. The number of rotatable bonds is 10. The summed E-state index contributed by atoms with van der Waals surface area (Å²) in [7, 11) is -1.40. The van der Waals surface area contributed by atoms with Crippen LogP contribution < -0.4 is 4.72 Å². The molecular weight excluding hydrogens is 376 g/mol. The Kier molecular flexibility index (Phi) is 8.88. The minimum absolute atomic E-state index is 0.0780. The number of nitrogens with one attached hydrogen (secondary N) is 1. The first-order valence-electron chi connectivity index (χ1n) is 10.2. The highest BCUT2D eigenvalue weighted by Crippen LogP contribution is 2.12. The number of sulfonamides is 1. The molecule has 1 fully saturated rings. The molecule has 0 atom stereocenters. The summed E-state index contributed by atoms with van der Waals surface area (Å²) in [5.74, 6) is -0.0780. The first-order chi connectivity index (χ1) is 13.4. The Bertz CT molecular complexity index is 709. The van der Waals surface area contributed by atoms with Gasteiger partial charge in [-0.3, -0.25) is 4.79 Å². The van der Waals surface area contributed by atoms with Crippen molar-refractivity contribution in [3.05, 3.63) is 29.8 Å². The van der Waals surface area contributed by atoms with Crippen LogP contribution in [0.5, 0.6) is 0 Å². The molecule has 1 amide bonds. The number of hydrogen-bond acceptors (Lipinski definition) is 5. The van der Waals surface area contributed by atoms with Crippen LogP contribution >= 0.6 is 0 Å². The van der Waals surface area contributed by atoms with E-state index < -0.39 is 10.0 Å². The molecule has 1 aromatic carbocycles. The SMILES string of the molecule is CCN(CC)C(=O)c1ccc(S(=O)(=O)NCCCCN2CCN(C)CC2)cc1. The van der Waals surface area contributed by atoms with E-state index in [1.165, 1.54) is 12.1 Å². The van der Waals surface area contributed by atoms with E-state index in [1.807, 2.05) is 13.8 Å². The number of likely N-dealkylation sites (N-methyl/N-ethyl adjacent to an activating group) is 1. The van der Waals surface area contributed by atoms with Gasteiger partial charge in [-0.2, -0.15) is 0 Å². The molecule has 1 N–H and O–H groups in total. The highest BCUT2D eigenvalue weighted by atomic mass is 32.2. The van der Waals surface area contributed by atoms with E-state index in [9.17, 15) is 13.2 Å². The third-order valence-electron chi connectivity index (χ3n) is 5.25. The van der Waals surface area contributed by atoms with E-state index in [-0.39, 0.29) is 10.8 Å². The highest BCUT2D eigenvalue weighted by molar-refractivity contribution is 7.89. The second-order valence-corrected chi connectivity index (χ2v) is 9.02. The zero-order valence-electron chi connectivity index (χ0n) is 17.4. The third-order valence-corrected chi connectivity index (χ3v) is 6.73. The van der Waals surface area contributed by atoms with Crippen LogP contribution in [0.2, 0.25) is 0 Å². The quantitative estimate of drug-likeness (QED) is 0.592. The van der Waals surface area contributed by atoms with E-state index in [0.717, 1.165) is 45.6 Å². The lowest BCUT2D eigenvalue weighted by Gasteiger charge is -2.32. The Morgan fingerprint density at radius 2 is 1.64 bits per heavy atom. The molecule has 1 aliphatic rings. The second-order valence-electron chi connectivity index (χ2n) is 7.25. The third kappa shape index (κ3) is 6.55. The molecule has 0 bridgehead atoms. The lowest BCUT2D eigenvalue weighted by Crippen LogP contribution is -2.44. The van der Waals surface area contributed by atoms with E-state index >= 15 is 0 Å². The monoisotopic (exact) mass is 410 g/mol. The van der Waals surface area contributed by atoms with E-state index in [1.54, 1.807) is 17.0 Å². The number of piperazine rings is 1. The topological polar surface area (TPSA) is 73.0 Å². The maximum atomic E-state index is 12.4. The Labute approximate surface area is 169 Å². The molecule has 0 aliphatic carbocycles. The van der Waals surface area contributed by atoms with Crippen LogP contribution in [0.25, 0.3) is 0 Å². The standard InChI is InChI=1S/C20H34N4O3S/c1-4-24(5-2)20(25)18-8-10-19(11-9-18)28(26,27)21-12-6-7-13-23-16-14-22(3)15-17-23/h8-11,21H,4-7,12-17H2,1-3H3. The minimum Gasteiger partial charge on any atom is -0.339 e. The lowest BCUT2D eigenvalue weighted by atomic mass is 10.2. The average Bonchev–Trinajstić information content (AvgIpc) is 2.70. The maximum absolute atomic E-state index is 12.4. The van der Waals surface area contributed by atoms with Crippen LogP contribution in [-0.2, 0) is 10.0 Å². The normalized spacial score (nSPS) is 16.2. The van der Waals surface area contributed by atoms with Crippen LogP contribution in [0.15, 0.2) is 29.2 Å². The van der Waals surface area contributed by atoms with Gasteiger partial charge in [0.25, 0.3) is 5.91 Å². The first-order valence-corrected chi connectivity index (χ1v) is 11.7. The second kappa shape index (κ2) is 10.9. The predicted octanol–water partition coefficient (Wildman–Crippen LogP) is 1.47. The number of nitrogens with zero attached hydrogens (tertiary/aromatic N) is 3. The van der Waals surface area contributed by atoms with Crippen molar-refractivity contribution in [2.45, 2.75) is 31.6 Å². The zero-order chi connectivity index (χ0) is 20.6. The van der Waals surface area contributed by atoms with Crippen molar-refractivity contribution in [2.75, 3.05) is 59.4 Å². The molecule has 1 heterocycles. The lowest BCUT2D eigenvalue weighted by molar-refractivity contribution is 0.0773.